The van der Waals surface area contributed by atoms with Crippen molar-refractivity contribution in [3.63, 3.8) is 0 Å². The van der Waals surface area contributed by atoms with Crippen molar-refractivity contribution in [2.24, 2.45) is 0 Å². The zero-order valence-corrected chi connectivity index (χ0v) is 19.9. The summed E-state index contributed by atoms with van der Waals surface area (Å²) >= 11 is 0. The first kappa shape index (κ1) is 27.1. The number of rotatable bonds is 10. The minimum Gasteiger partial charge on any atom is -0.460 e. The number of nitriles is 3. The van der Waals surface area contributed by atoms with Crippen molar-refractivity contribution in [1.29, 1.82) is 15.8 Å². The lowest BCUT2D eigenvalue weighted by molar-refractivity contribution is -0.139. The summed E-state index contributed by atoms with van der Waals surface area (Å²) in [5.74, 6) is -1.66. The molecule has 0 spiro atoms. The number of allylic oxidation sites excluding steroid dienone is 2. The molecular formula is C26H23N5O5. The molecule has 1 aromatic carbocycles. The zero-order chi connectivity index (χ0) is 26.8. The molecule has 0 atom stereocenters. The van der Waals surface area contributed by atoms with Gasteiger partial charge in [-0.25, -0.2) is 9.59 Å². The zero-order valence-electron chi connectivity index (χ0n) is 19.9. The number of esters is 2. The Kier molecular flexibility index (Phi) is 9.31. The highest BCUT2D eigenvalue weighted by Crippen LogP contribution is 2.31. The highest BCUT2D eigenvalue weighted by Gasteiger charge is 2.31. The Bertz CT molecular complexity index is 1250. The average Bonchev–Trinajstić information content (AvgIpc) is 3.19. The van der Waals surface area contributed by atoms with Gasteiger partial charge in [-0.2, -0.15) is 15.8 Å². The van der Waals surface area contributed by atoms with Crippen LogP contribution in [0.15, 0.2) is 65.4 Å². The van der Waals surface area contributed by atoms with E-state index in [9.17, 15) is 19.6 Å². The summed E-state index contributed by atoms with van der Waals surface area (Å²) in [4.78, 5) is 37.8. The fraction of sp³-hybridized carbons (Fsp3) is 0.231. The van der Waals surface area contributed by atoms with Crippen molar-refractivity contribution in [1.82, 2.24) is 5.32 Å². The van der Waals surface area contributed by atoms with Gasteiger partial charge in [-0.15, -0.1) is 0 Å². The quantitative estimate of drug-likeness (QED) is 0.299. The van der Waals surface area contributed by atoms with Crippen molar-refractivity contribution in [3.05, 3.63) is 71.0 Å². The van der Waals surface area contributed by atoms with Gasteiger partial charge in [-0.3, -0.25) is 4.79 Å². The minimum absolute atomic E-state index is 0.0411. The van der Waals surface area contributed by atoms with E-state index in [1.165, 1.54) is 13.8 Å². The molecule has 0 saturated heterocycles. The van der Waals surface area contributed by atoms with Crippen molar-refractivity contribution < 1.29 is 23.9 Å². The van der Waals surface area contributed by atoms with Crippen LogP contribution in [0.5, 0.6) is 0 Å². The first-order chi connectivity index (χ1) is 17.1. The van der Waals surface area contributed by atoms with Gasteiger partial charge in [0.25, 0.3) is 5.91 Å². The van der Waals surface area contributed by atoms with E-state index in [0.717, 1.165) is 0 Å². The number of nitrogens with zero attached hydrogens (tertiary/aromatic N) is 4. The molecule has 1 aliphatic rings. The van der Waals surface area contributed by atoms with Crippen LogP contribution in [0.3, 0.4) is 0 Å². The second-order valence-corrected chi connectivity index (χ2v) is 7.66. The van der Waals surface area contributed by atoms with Gasteiger partial charge in [-0.05, 0) is 31.5 Å². The van der Waals surface area contributed by atoms with Gasteiger partial charge in [0.05, 0.1) is 29.9 Å². The van der Waals surface area contributed by atoms with Gasteiger partial charge in [0, 0.05) is 16.8 Å². The first-order valence-corrected chi connectivity index (χ1v) is 10.7. The molecule has 10 nitrogen and oxygen atoms in total. The summed E-state index contributed by atoms with van der Waals surface area (Å²) in [6, 6.07) is 11.8. The molecule has 1 amide bonds. The van der Waals surface area contributed by atoms with Crippen molar-refractivity contribution in [2.45, 2.75) is 13.8 Å². The highest BCUT2D eigenvalue weighted by atomic mass is 16.5. The topological polar surface area (TPSA) is 156 Å². The lowest BCUT2D eigenvalue weighted by Crippen LogP contribution is -2.32. The molecule has 0 saturated carbocycles. The van der Waals surface area contributed by atoms with Crippen LogP contribution in [0.25, 0.3) is 5.57 Å². The molecule has 0 unspecified atom stereocenters. The van der Waals surface area contributed by atoms with Crippen LogP contribution in [0.1, 0.15) is 19.4 Å². The van der Waals surface area contributed by atoms with E-state index >= 15 is 0 Å². The molecule has 0 radical (unpaired) electrons. The van der Waals surface area contributed by atoms with E-state index in [1.54, 1.807) is 36.4 Å². The smallest absolute Gasteiger partial charge is 0.333 e. The second-order valence-electron chi connectivity index (χ2n) is 7.66. The number of carbonyl (C=O) groups excluding carboxylic acids is 3. The third kappa shape index (κ3) is 6.47. The maximum atomic E-state index is 12.5. The summed E-state index contributed by atoms with van der Waals surface area (Å²) < 4.78 is 10.3. The molecule has 36 heavy (non-hydrogen) atoms. The van der Waals surface area contributed by atoms with E-state index in [-0.39, 0.29) is 59.9 Å². The number of benzene rings is 1. The molecule has 0 bridgehead atoms. The van der Waals surface area contributed by atoms with E-state index in [0.29, 0.717) is 11.3 Å². The Morgan fingerprint density at radius 2 is 1.44 bits per heavy atom. The van der Waals surface area contributed by atoms with Crippen LogP contribution in [0.4, 0.5) is 5.69 Å². The van der Waals surface area contributed by atoms with Crippen LogP contribution in [0.2, 0.25) is 0 Å². The summed E-state index contributed by atoms with van der Waals surface area (Å²) in [5, 5.41) is 30.2. The molecule has 1 aliphatic heterocycles. The monoisotopic (exact) mass is 485 g/mol. The van der Waals surface area contributed by atoms with E-state index < -0.39 is 17.8 Å². The Hall–Kier alpha value is -5.14. The summed E-state index contributed by atoms with van der Waals surface area (Å²) in [7, 11) is 0. The third-order valence-electron chi connectivity index (χ3n) is 4.96. The number of nitrogens with one attached hydrogen (secondary N) is 1. The van der Waals surface area contributed by atoms with Crippen LogP contribution >= 0.6 is 0 Å². The van der Waals surface area contributed by atoms with E-state index in [2.05, 4.69) is 18.5 Å². The third-order valence-corrected chi connectivity index (χ3v) is 4.96. The van der Waals surface area contributed by atoms with Crippen LogP contribution in [0, 0.1) is 34.0 Å². The van der Waals surface area contributed by atoms with Gasteiger partial charge in [0.2, 0.25) is 0 Å². The van der Waals surface area contributed by atoms with Gasteiger partial charge < -0.3 is 19.7 Å². The molecule has 0 aromatic heterocycles. The summed E-state index contributed by atoms with van der Waals surface area (Å²) in [5.41, 5.74) is 1.06. The highest BCUT2D eigenvalue weighted by molar-refractivity contribution is 6.26. The number of anilines is 1. The van der Waals surface area contributed by atoms with Gasteiger partial charge in [0.15, 0.2) is 5.57 Å². The first-order valence-electron chi connectivity index (χ1n) is 10.7. The number of hydrogen-bond donors (Lipinski definition) is 1. The predicted octanol–water partition coefficient (Wildman–Crippen LogP) is 2.44. The van der Waals surface area contributed by atoms with Crippen LogP contribution in [-0.2, 0) is 23.9 Å². The molecule has 1 N–H and O–H groups in total. The van der Waals surface area contributed by atoms with Crippen molar-refractivity contribution in [2.75, 3.05) is 31.2 Å². The lowest BCUT2D eigenvalue weighted by atomic mass is 9.99. The van der Waals surface area contributed by atoms with Gasteiger partial charge >= 0.3 is 11.9 Å². The van der Waals surface area contributed by atoms with Crippen molar-refractivity contribution >= 4 is 29.1 Å². The van der Waals surface area contributed by atoms with Crippen LogP contribution < -0.4 is 10.2 Å². The Labute approximate surface area is 208 Å². The molecule has 182 valence electrons. The normalized spacial score (nSPS) is 12.0. The van der Waals surface area contributed by atoms with E-state index in [1.807, 2.05) is 11.0 Å². The fourth-order valence-electron chi connectivity index (χ4n) is 3.14. The molecule has 1 heterocycles. The largest absolute Gasteiger partial charge is 0.460 e. The lowest BCUT2D eigenvalue weighted by Gasteiger charge is -2.25. The number of hydrogen-bond acceptors (Lipinski definition) is 9. The summed E-state index contributed by atoms with van der Waals surface area (Å²) in [6.45, 7) is 10.8. The average molecular weight is 486 g/mol. The Morgan fingerprint density at radius 1 is 0.944 bits per heavy atom. The molecule has 1 aromatic rings. The van der Waals surface area contributed by atoms with Gasteiger partial charge in [0.1, 0.15) is 31.4 Å². The number of amides is 1. The molecule has 0 fully saturated rings. The Balaban J connectivity index is 2.31. The number of ether oxygens (including phenoxy) is 2. The molecule has 0 aliphatic carbocycles. The van der Waals surface area contributed by atoms with Gasteiger partial charge in [-0.1, -0.05) is 25.3 Å². The fourth-order valence-corrected chi connectivity index (χ4v) is 3.14. The molecular weight excluding hydrogens is 462 g/mol. The minimum atomic E-state index is -0.604. The maximum Gasteiger partial charge on any atom is 0.333 e. The molecule has 10 heteroatoms. The second kappa shape index (κ2) is 12.4. The SMILES string of the molecule is C=C(C)C(=O)OCCN(CCOC(=O)C(=C)C)c1ccc(C2=C(C#N)C(=C(C#N)C#N)NC2=O)cc1. The standard InChI is InChI=1S/C26H23N5O5/c1-16(2)25(33)35-11-9-31(10-12-36-26(34)17(3)4)20-7-5-18(6-8-20)22-21(15-29)23(30-24(22)32)19(13-27)14-28/h5-8H,1,3,9-12H2,2,4H3,(H,30,32). The molecule has 2 rings (SSSR count). The van der Waals surface area contributed by atoms with Crippen LogP contribution in [-0.4, -0.2) is 44.1 Å². The maximum absolute atomic E-state index is 12.5. The Morgan fingerprint density at radius 3 is 1.86 bits per heavy atom. The number of carbonyl (C=O) groups is 3. The van der Waals surface area contributed by atoms with E-state index in [4.69, 9.17) is 20.0 Å². The summed E-state index contributed by atoms with van der Waals surface area (Å²) in [6.07, 6.45) is 0. The van der Waals surface area contributed by atoms with Crippen molar-refractivity contribution in [3.8, 4) is 18.2 Å². The predicted molar refractivity (Wildman–Crippen MR) is 129 cm³/mol.